The molecule has 0 fully saturated rings. The van der Waals surface area contributed by atoms with Crippen LogP contribution in [-0.2, 0) is 9.53 Å². The molecule has 0 rings (SSSR count). The molecule has 8 nitrogen and oxygen atoms in total. The van der Waals surface area contributed by atoms with Crippen LogP contribution in [0.1, 0.15) is 60.8 Å². The number of carbonyl (C=O) groups excluding carboxylic acids is 2. The van der Waals surface area contributed by atoms with Gasteiger partial charge in [0.25, 0.3) is 0 Å². The van der Waals surface area contributed by atoms with Crippen LogP contribution < -0.4 is 21.3 Å². The molecular weight excluding hydrogens is 461 g/mol. The SMILES string of the molecule is CCCCC(CNC(=O)OC(C)(C)C)NC(=NCC(=O)NCC)NCC.I. The number of likely N-dealkylation sites (N-methyl/N-ethyl adjacent to an activating group) is 1. The first-order valence-electron chi connectivity index (χ1n) is 9.50. The fourth-order valence-corrected chi connectivity index (χ4v) is 2.11. The van der Waals surface area contributed by atoms with Gasteiger partial charge in [-0.2, -0.15) is 0 Å². The van der Waals surface area contributed by atoms with Crippen molar-refractivity contribution in [2.24, 2.45) is 4.99 Å². The maximum atomic E-state index is 11.9. The molecule has 160 valence electrons. The molecule has 4 N–H and O–H groups in total. The first-order valence-corrected chi connectivity index (χ1v) is 9.50. The zero-order chi connectivity index (χ0) is 20.0. The van der Waals surface area contributed by atoms with Crippen LogP contribution in [0.15, 0.2) is 4.99 Å². The summed E-state index contributed by atoms with van der Waals surface area (Å²) >= 11 is 0. The van der Waals surface area contributed by atoms with E-state index in [9.17, 15) is 9.59 Å². The van der Waals surface area contributed by atoms with E-state index < -0.39 is 11.7 Å². The number of alkyl carbamates (subject to hydrolysis) is 1. The first kappa shape index (κ1) is 28.0. The molecule has 0 heterocycles. The van der Waals surface area contributed by atoms with Gasteiger partial charge in [-0.1, -0.05) is 19.8 Å². The van der Waals surface area contributed by atoms with E-state index >= 15 is 0 Å². The molecule has 1 unspecified atom stereocenters. The summed E-state index contributed by atoms with van der Waals surface area (Å²) in [5.74, 6) is 0.438. The number of aliphatic imine (C=N–C) groups is 1. The van der Waals surface area contributed by atoms with Crippen molar-refractivity contribution in [3.05, 3.63) is 0 Å². The van der Waals surface area contributed by atoms with Gasteiger partial charge in [-0.3, -0.25) is 4.79 Å². The summed E-state index contributed by atoms with van der Waals surface area (Å²) in [5, 5.41) is 11.9. The second-order valence-corrected chi connectivity index (χ2v) is 7.01. The number of guanidine groups is 1. The highest BCUT2D eigenvalue weighted by molar-refractivity contribution is 14.0. The first-order chi connectivity index (χ1) is 12.2. The summed E-state index contributed by atoms with van der Waals surface area (Å²) < 4.78 is 5.27. The number of hydrogen-bond donors (Lipinski definition) is 4. The van der Waals surface area contributed by atoms with Gasteiger partial charge < -0.3 is 26.0 Å². The zero-order valence-corrected chi connectivity index (χ0v) is 19.9. The second-order valence-electron chi connectivity index (χ2n) is 7.01. The lowest BCUT2D eigenvalue weighted by atomic mass is 10.1. The third-order valence-corrected chi connectivity index (χ3v) is 3.24. The Morgan fingerprint density at radius 1 is 1.04 bits per heavy atom. The highest BCUT2D eigenvalue weighted by atomic mass is 127. The van der Waals surface area contributed by atoms with E-state index in [4.69, 9.17) is 4.74 Å². The average molecular weight is 499 g/mol. The summed E-state index contributed by atoms with van der Waals surface area (Å²) in [4.78, 5) is 27.8. The number of rotatable bonds is 10. The van der Waals surface area contributed by atoms with Crippen LogP contribution in [0.4, 0.5) is 4.79 Å². The van der Waals surface area contributed by atoms with Crippen molar-refractivity contribution in [2.45, 2.75) is 72.4 Å². The molecule has 0 radical (unpaired) electrons. The molecule has 0 aliphatic rings. The molecule has 1 atom stereocenters. The molecule has 0 aromatic heterocycles. The highest BCUT2D eigenvalue weighted by Gasteiger charge is 2.18. The van der Waals surface area contributed by atoms with Crippen molar-refractivity contribution >= 4 is 41.9 Å². The van der Waals surface area contributed by atoms with E-state index in [0.717, 1.165) is 19.3 Å². The zero-order valence-electron chi connectivity index (χ0n) is 17.6. The number of ether oxygens (including phenoxy) is 1. The Morgan fingerprint density at radius 2 is 1.67 bits per heavy atom. The van der Waals surface area contributed by atoms with E-state index in [-0.39, 0.29) is 42.5 Å². The van der Waals surface area contributed by atoms with Gasteiger partial charge in [-0.25, -0.2) is 9.79 Å². The lowest BCUT2D eigenvalue weighted by Crippen LogP contribution is -2.49. The molecule has 0 saturated carbocycles. The van der Waals surface area contributed by atoms with E-state index in [1.165, 1.54) is 0 Å². The summed E-state index contributed by atoms with van der Waals surface area (Å²) in [7, 11) is 0. The van der Waals surface area contributed by atoms with Gasteiger partial charge in [-0.15, -0.1) is 24.0 Å². The minimum atomic E-state index is -0.528. The van der Waals surface area contributed by atoms with Crippen molar-refractivity contribution in [3.63, 3.8) is 0 Å². The molecule has 27 heavy (non-hydrogen) atoms. The highest BCUT2D eigenvalue weighted by Crippen LogP contribution is 2.07. The quantitative estimate of drug-likeness (QED) is 0.210. The Hall–Kier alpha value is -1.26. The van der Waals surface area contributed by atoms with Crippen molar-refractivity contribution < 1.29 is 14.3 Å². The third kappa shape index (κ3) is 16.6. The summed E-state index contributed by atoms with van der Waals surface area (Å²) in [5.41, 5.74) is -0.528. The van der Waals surface area contributed by atoms with Crippen LogP contribution in [0, 0.1) is 0 Å². The van der Waals surface area contributed by atoms with Gasteiger partial charge in [-0.05, 0) is 41.0 Å². The maximum absolute atomic E-state index is 11.9. The smallest absolute Gasteiger partial charge is 0.407 e. The number of halogens is 1. The monoisotopic (exact) mass is 499 g/mol. The number of nitrogens with one attached hydrogen (secondary N) is 4. The van der Waals surface area contributed by atoms with Gasteiger partial charge in [0.1, 0.15) is 12.1 Å². The van der Waals surface area contributed by atoms with Crippen LogP contribution in [0.5, 0.6) is 0 Å². The Bertz CT molecular complexity index is 453. The Morgan fingerprint density at radius 3 is 2.19 bits per heavy atom. The topological polar surface area (TPSA) is 104 Å². The third-order valence-electron chi connectivity index (χ3n) is 3.24. The van der Waals surface area contributed by atoms with Gasteiger partial charge in [0.05, 0.1) is 0 Å². The maximum Gasteiger partial charge on any atom is 0.407 e. The van der Waals surface area contributed by atoms with Crippen LogP contribution in [-0.4, -0.2) is 55.8 Å². The Labute approximate surface area is 181 Å². The number of carbonyl (C=O) groups is 2. The van der Waals surface area contributed by atoms with Crippen molar-refractivity contribution in [1.29, 1.82) is 0 Å². The van der Waals surface area contributed by atoms with Crippen LogP contribution in [0.25, 0.3) is 0 Å². The fourth-order valence-electron chi connectivity index (χ4n) is 2.11. The summed E-state index contributed by atoms with van der Waals surface area (Å²) in [6.45, 7) is 13.2. The van der Waals surface area contributed by atoms with Crippen LogP contribution in [0.2, 0.25) is 0 Å². The minimum absolute atomic E-state index is 0. The molecule has 0 aliphatic carbocycles. The van der Waals surface area contributed by atoms with E-state index in [0.29, 0.717) is 25.6 Å². The molecule has 0 aromatic carbocycles. The molecule has 0 aromatic rings. The lowest BCUT2D eigenvalue weighted by Gasteiger charge is -2.24. The largest absolute Gasteiger partial charge is 0.444 e. The summed E-state index contributed by atoms with van der Waals surface area (Å²) in [6, 6.07) is -0.00509. The average Bonchev–Trinajstić information content (AvgIpc) is 2.53. The molecule has 0 saturated heterocycles. The number of unbranched alkanes of at least 4 members (excludes halogenated alkanes) is 1. The van der Waals surface area contributed by atoms with Crippen LogP contribution in [0.3, 0.4) is 0 Å². The number of hydrogen-bond acceptors (Lipinski definition) is 4. The summed E-state index contributed by atoms with van der Waals surface area (Å²) in [6.07, 6.45) is 2.50. The van der Waals surface area contributed by atoms with E-state index in [1.54, 1.807) is 0 Å². The molecule has 0 bridgehead atoms. The minimum Gasteiger partial charge on any atom is -0.444 e. The molecule has 2 amide bonds. The molecule has 9 heteroatoms. The lowest BCUT2D eigenvalue weighted by molar-refractivity contribution is -0.119. The fraction of sp³-hybridized carbons (Fsp3) is 0.833. The Kier molecular flexibility index (Phi) is 16.3. The van der Waals surface area contributed by atoms with Crippen LogP contribution >= 0.6 is 24.0 Å². The molecular formula is C18H38IN5O3. The van der Waals surface area contributed by atoms with Crippen molar-refractivity contribution in [2.75, 3.05) is 26.2 Å². The predicted molar refractivity (Wildman–Crippen MR) is 121 cm³/mol. The molecule has 0 spiro atoms. The van der Waals surface area contributed by atoms with Crippen molar-refractivity contribution in [1.82, 2.24) is 21.3 Å². The standard InChI is InChI=1S/C18H37N5O3.HI/c1-7-10-11-14(12-22-17(25)26-18(4,5)6)23-16(20-9-3)21-13-15(24)19-8-2;/h14H,7-13H2,1-6H3,(H,19,24)(H,22,25)(H2,20,21,23);1H. The van der Waals surface area contributed by atoms with Gasteiger partial charge in [0.15, 0.2) is 5.96 Å². The number of amides is 2. The Balaban J connectivity index is 0. The van der Waals surface area contributed by atoms with Gasteiger partial charge in [0.2, 0.25) is 5.91 Å². The number of nitrogens with zero attached hydrogens (tertiary/aromatic N) is 1. The van der Waals surface area contributed by atoms with Gasteiger partial charge in [0, 0.05) is 25.7 Å². The van der Waals surface area contributed by atoms with E-state index in [2.05, 4.69) is 33.2 Å². The second kappa shape index (κ2) is 15.8. The van der Waals surface area contributed by atoms with Crippen molar-refractivity contribution in [3.8, 4) is 0 Å². The van der Waals surface area contributed by atoms with Gasteiger partial charge >= 0.3 is 6.09 Å². The normalized spacial score (nSPS) is 12.4. The molecule has 0 aliphatic heterocycles. The predicted octanol–water partition coefficient (Wildman–Crippen LogP) is 2.38. The van der Waals surface area contributed by atoms with E-state index in [1.807, 2.05) is 34.6 Å².